The molecular weight excluding hydrogens is 318 g/mol. The predicted octanol–water partition coefficient (Wildman–Crippen LogP) is 2.25. The van der Waals surface area contributed by atoms with E-state index in [1.165, 1.54) is 12.7 Å². The molecule has 1 aliphatic rings. The molecule has 3 rings (SSSR count). The highest BCUT2D eigenvalue weighted by Gasteiger charge is 2.23. The van der Waals surface area contributed by atoms with E-state index in [1.807, 2.05) is 11.6 Å². The molecule has 6 nitrogen and oxygen atoms in total. The van der Waals surface area contributed by atoms with E-state index in [2.05, 4.69) is 47.3 Å². The maximum atomic E-state index is 11.4. The van der Waals surface area contributed by atoms with Crippen molar-refractivity contribution in [3.8, 4) is 5.69 Å². The van der Waals surface area contributed by atoms with E-state index in [9.17, 15) is 4.79 Å². The molecule has 1 saturated heterocycles. The monoisotopic (exact) mass is 343 g/mol. The van der Waals surface area contributed by atoms with Gasteiger partial charge in [0.2, 0.25) is 0 Å². The first-order valence-electron chi connectivity index (χ1n) is 8.58. The Balaban J connectivity index is 1.61. The minimum Gasteiger partial charge on any atom is -0.469 e. The second-order valence-electron chi connectivity index (χ2n) is 6.51. The van der Waals surface area contributed by atoms with Crippen LogP contribution in [0.5, 0.6) is 0 Å². The summed E-state index contributed by atoms with van der Waals surface area (Å²) in [5.41, 5.74) is 4.46. The lowest BCUT2D eigenvalue weighted by molar-refractivity contribution is -0.145. The van der Waals surface area contributed by atoms with E-state index in [-0.39, 0.29) is 12.1 Å². The smallest absolute Gasteiger partial charge is 0.308 e. The molecule has 1 aromatic heterocycles. The molecule has 25 heavy (non-hydrogen) atoms. The van der Waals surface area contributed by atoms with E-state index >= 15 is 0 Å². The highest BCUT2D eigenvalue weighted by atomic mass is 16.5. The highest BCUT2D eigenvalue weighted by Crippen LogP contribution is 2.16. The van der Waals surface area contributed by atoms with Gasteiger partial charge in [-0.2, -0.15) is 5.10 Å². The number of rotatable bonds is 5. The zero-order valence-electron chi connectivity index (χ0n) is 15.1. The lowest BCUT2D eigenvalue weighted by atomic mass is 10.1. The van der Waals surface area contributed by atoms with Crippen LogP contribution in [0.3, 0.4) is 0 Å². The van der Waals surface area contributed by atoms with Crippen molar-refractivity contribution in [1.82, 2.24) is 14.7 Å². The standard InChI is InChI=1S/C19H25N3O3/c1-14-10-15(2)22(20-14)17-6-4-16(5-7-17)12-21-8-9-25-18(13-21)11-19(23)24-3/h4-7,10,18H,8-9,11-13H2,1-3H3/t18-/m1/s1. The summed E-state index contributed by atoms with van der Waals surface area (Å²) in [7, 11) is 1.41. The van der Waals surface area contributed by atoms with Gasteiger partial charge in [-0.3, -0.25) is 9.69 Å². The number of esters is 1. The first-order valence-corrected chi connectivity index (χ1v) is 8.58. The third kappa shape index (κ3) is 4.46. The number of aryl methyl sites for hydroxylation is 2. The van der Waals surface area contributed by atoms with Crippen LogP contribution in [0, 0.1) is 13.8 Å². The maximum absolute atomic E-state index is 11.4. The first-order chi connectivity index (χ1) is 12.0. The van der Waals surface area contributed by atoms with E-state index in [0.29, 0.717) is 13.0 Å². The number of methoxy groups -OCH3 is 1. The molecule has 134 valence electrons. The highest BCUT2D eigenvalue weighted by molar-refractivity contribution is 5.69. The van der Waals surface area contributed by atoms with Gasteiger partial charge in [0.05, 0.1) is 37.6 Å². The molecule has 2 heterocycles. The molecule has 0 spiro atoms. The molecule has 0 N–H and O–H groups in total. The van der Waals surface area contributed by atoms with Gasteiger partial charge in [-0.15, -0.1) is 0 Å². The number of ether oxygens (including phenoxy) is 2. The Morgan fingerprint density at radius 1 is 1.32 bits per heavy atom. The van der Waals surface area contributed by atoms with Gasteiger partial charge in [0.25, 0.3) is 0 Å². The average Bonchev–Trinajstić information content (AvgIpc) is 2.94. The molecule has 1 aromatic carbocycles. The SMILES string of the molecule is COC(=O)C[C@@H]1CN(Cc2ccc(-n3nc(C)cc3C)cc2)CCO1. The Bertz CT molecular complexity index is 724. The summed E-state index contributed by atoms with van der Waals surface area (Å²) in [5, 5.41) is 4.52. The van der Waals surface area contributed by atoms with Crippen LogP contribution in [-0.4, -0.2) is 53.6 Å². The predicted molar refractivity (Wildman–Crippen MR) is 94.7 cm³/mol. The first kappa shape index (κ1) is 17.6. The van der Waals surface area contributed by atoms with Crippen molar-refractivity contribution in [3.63, 3.8) is 0 Å². The summed E-state index contributed by atoms with van der Waals surface area (Å²) in [4.78, 5) is 13.7. The van der Waals surface area contributed by atoms with Crippen molar-refractivity contribution in [2.75, 3.05) is 26.8 Å². The van der Waals surface area contributed by atoms with E-state index < -0.39 is 0 Å². The molecule has 6 heteroatoms. The molecule has 2 aromatic rings. The summed E-state index contributed by atoms with van der Waals surface area (Å²) < 4.78 is 12.3. The largest absolute Gasteiger partial charge is 0.469 e. The maximum Gasteiger partial charge on any atom is 0.308 e. The summed E-state index contributed by atoms with van der Waals surface area (Å²) in [5.74, 6) is -0.221. The Kier molecular flexibility index (Phi) is 5.50. The third-order valence-electron chi connectivity index (χ3n) is 4.44. The molecule has 0 bridgehead atoms. The van der Waals surface area contributed by atoms with Crippen LogP contribution in [0.25, 0.3) is 5.69 Å². The quantitative estimate of drug-likeness (QED) is 0.780. The van der Waals surface area contributed by atoms with Crippen LogP contribution in [0.4, 0.5) is 0 Å². The second kappa shape index (κ2) is 7.80. The molecule has 0 aliphatic carbocycles. The van der Waals surface area contributed by atoms with Crippen LogP contribution in [-0.2, 0) is 20.8 Å². The summed E-state index contributed by atoms with van der Waals surface area (Å²) >= 11 is 0. The van der Waals surface area contributed by atoms with Crippen LogP contribution in [0.1, 0.15) is 23.4 Å². The zero-order valence-corrected chi connectivity index (χ0v) is 15.1. The molecule has 1 fully saturated rings. The number of nitrogens with zero attached hydrogens (tertiary/aromatic N) is 3. The summed E-state index contributed by atoms with van der Waals surface area (Å²) in [6.07, 6.45) is 0.222. The fourth-order valence-corrected chi connectivity index (χ4v) is 3.21. The molecule has 1 aliphatic heterocycles. The summed E-state index contributed by atoms with van der Waals surface area (Å²) in [6, 6.07) is 10.5. The molecule has 0 unspecified atom stereocenters. The van der Waals surface area contributed by atoms with Gasteiger partial charge in [0, 0.05) is 25.3 Å². The molecule has 0 radical (unpaired) electrons. The Labute approximate surface area is 148 Å². The number of benzene rings is 1. The molecular formula is C19H25N3O3. The van der Waals surface area contributed by atoms with Crippen molar-refractivity contribution in [2.45, 2.75) is 32.9 Å². The average molecular weight is 343 g/mol. The second-order valence-corrected chi connectivity index (χ2v) is 6.51. The number of carbonyl (C=O) groups excluding carboxylic acids is 1. The summed E-state index contributed by atoms with van der Waals surface area (Å²) in [6.45, 7) is 7.17. The Morgan fingerprint density at radius 2 is 2.08 bits per heavy atom. The number of hydrogen-bond acceptors (Lipinski definition) is 5. The minimum absolute atomic E-state index is 0.0878. The van der Waals surface area contributed by atoms with Gasteiger partial charge >= 0.3 is 5.97 Å². The third-order valence-corrected chi connectivity index (χ3v) is 4.44. The van der Waals surface area contributed by atoms with Gasteiger partial charge < -0.3 is 9.47 Å². The van der Waals surface area contributed by atoms with Crippen LogP contribution < -0.4 is 0 Å². The van der Waals surface area contributed by atoms with Gasteiger partial charge in [-0.05, 0) is 37.6 Å². The fourth-order valence-electron chi connectivity index (χ4n) is 3.21. The topological polar surface area (TPSA) is 56.6 Å². The van der Waals surface area contributed by atoms with E-state index in [4.69, 9.17) is 9.47 Å². The van der Waals surface area contributed by atoms with Crippen molar-refractivity contribution in [3.05, 3.63) is 47.3 Å². The van der Waals surface area contributed by atoms with Crippen molar-refractivity contribution in [2.24, 2.45) is 0 Å². The Hall–Kier alpha value is -2.18. The van der Waals surface area contributed by atoms with Crippen molar-refractivity contribution >= 4 is 5.97 Å². The van der Waals surface area contributed by atoms with Crippen LogP contribution in [0.2, 0.25) is 0 Å². The van der Waals surface area contributed by atoms with E-state index in [0.717, 1.165) is 36.7 Å². The van der Waals surface area contributed by atoms with Gasteiger partial charge in [-0.25, -0.2) is 4.68 Å². The lowest BCUT2D eigenvalue weighted by Crippen LogP contribution is -2.42. The van der Waals surface area contributed by atoms with Crippen LogP contribution in [0.15, 0.2) is 30.3 Å². The molecule has 0 amide bonds. The van der Waals surface area contributed by atoms with Crippen molar-refractivity contribution < 1.29 is 14.3 Å². The number of aromatic nitrogens is 2. The number of carbonyl (C=O) groups is 1. The number of hydrogen-bond donors (Lipinski definition) is 0. The van der Waals surface area contributed by atoms with E-state index in [1.54, 1.807) is 0 Å². The minimum atomic E-state index is -0.221. The molecule has 0 saturated carbocycles. The Morgan fingerprint density at radius 3 is 2.72 bits per heavy atom. The zero-order chi connectivity index (χ0) is 17.8. The normalized spacial score (nSPS) is 18.3. The lowest BCUT2D eigenvalue weighted by Gasteiger charge is -2.32. The van der Waals surface area contributed by atoms with Gasteiger partial charge in [-0.1, -0.05) is 12.1 Å². The number of morpholine rings is 1. The van der Waals surface area contributed by atoms with Gasteiger partial charge in [0.15, 0.2) is 0 Å². The van der Waals surface area contributed by atoms with Crippen LogP contribution >= 0.6 is 0 Å². The van der Waals surface area contributed by atoms with Crippen molar-refractivity contribution in [1.29, 1.82) is 0 Å². The molecule has 1 atom stereocenters. The fraction of sp³-hybridized carbons (Fsp3) is 0.474. The van der Waals surface area contributed by atoms with Gasteiger partial charge in [0.1, 0.15) is 0 Å².